The number of nitrogens with zero attached hydrogens (tertiary/aromatic N) is 2. The molecule has 0 spiro atoms. The molecule has 1 aromatic rings. The van der Waals surface area contributed by atoms with Crippen LogP contribution in [0.25, 0.3) is 0 Å². The first-order valence-electron chi connectivity index (χ1n) is 7.62. The molecule has 2 N–H and O–H groups in total. The minimum atomic E-state index is -4.23. The van der Waals surface area contributed by atoms with E-state index < -0.39 is 59.8 Å². The predicted octanol–water partition coefficient (Wildman–Crippen LogP) is -0.596. The fraction of sp³-hybridized carbons (Fsp3) is 0.429. The molecule has 0 unspecified atom stereocenters. The molecule has 0 aliphatic carbocycles. The lowest BCUT2D eigenvalue weighted by atomic mass is 9.96. The van der Waals surface area contributed by atoms with Gasteiger partial charge in [-0.25, -0.2) is 13.2 Å². The SMILES string of the molecule is CC1(C)[C@H](C(=O)O)N2C(=O)[C@@H](NS(=O)(=O)c3ccc([N+](=O)[O-])cc3)[C@H]2[S@]1=O. The standard InChI is InChI=1S/C14H15N3O8S2/c1-14(2)10(13(19)20)16-11(18)9(12(16)26(14)23)15-27(24,25)8-5-3-7(4-6-8)17(21)22/h3-6,9-10,12,15H,1-2H3,(H,19,20)/t9-,10+,12-,26-/m1/s1. The number of nitro groups is 1. The highest BCUT2D eigenvalue weighted by atomic mass is 32.2. The highest BCUT2D eigenvalue weighted by Gasteiger charge is 2.68. The Morgan fingerprint density at radius 3 is 2.37 bits per heavy atom. The number of carbonyl (C=O) groups is 2. The number of nitro benzene ring substituents is 1. The third-order valence-electron chi connectivity index (χ3n) is 4.63. The van der Waals surface area contributed by atoms with Crippen LogP contribution in [0, 0.1) is 10.1 Å². The smallest absolute Gasteiger partial charge is 0.328 e. The van der Waals surface area contributed by atoms with E-state index in [0.29, 0.717) is 0 Å². The van der Waals surface area contributed by atoms with Gasteiger partial charge in [0.1, 0.15) is 17.5 Å². The maximum Gasteiger partial charge on any atom is 0.328 e. The molecular weight excluding hydrogens is 402 g/mol. The van der Waals surface area contributed by atoms with Crippen molar-refractivity contribution in [3.8, 4) is 0 Å². The van der Waals surface area contributed by atoms with Gasteiger partial charge < -0.3 is 10.0 Å². The van der Waals surface area contributed by atoms with Crippen molar-refractivity contribution in [1.82, 2.24) is 9.62 Å². The first-order chi connectivity index (χ1) is 12.4. The normalized spacial score (nSPS) is 29.1. The maximum atomic E-state index is 12.6. The van der Waals surface area contributed by atoms with Gasteiger partial charge in [0.2, 0.25) is 15.9 Å². The van der Waals surface area contributed by atoms with Crippen molar-refractivity contribution >= 4 is 38.4 Å². The highest BCUT2D eigenvalue weighted by molar-refractivity contribution is 7.90. The molecule has 2 aliphatic rings. The predicted molar refractivity (Wildman–Crippen MR) is 91.5 cm³/mol. The van der Waals surface area contributed by atoms with E-state index in [4.69, 9.17) is 0 Å². The Balaban J connectivity index is 1.87. The highest BCUT2D eigenvalue weighted by Crippen LogP contribution is 2.43. The number of amides is 1. The molecule has 1 aromatic carbocycles. The van der Waals surface area contributed by atoms with E-state index >= 15 is 0 Å². The number of non-ortho nitro benzene ring substituents is 1. The number of carboxylic acid groups (broad SMARTS) is 1. The molecule has 27 heavy (non-hydrogen) atoms. The molecule has 3 rings (SSSR count). The number of hydrogen-bond donors (Lipinski definition) is 2. The number of sulfonamides is 1. The Morgan fingerprint density at radius 1 is 1.33 bits per heavy atom. The van der Waals surface area contributed by atoms with Crippen LogP contribution in [0.15, 0.2) is 29.2 Å². The van der Waals surface area contributed by atoms with E-state index in [-0.39, 0.29) is 10.6 Å². The fourth-order valence-electron chi connectivity index (χ4n) is 3.25. The quantitative estimate of drug-likeness (QED) is 0.364. The van der Waals surface area contributed by atoms with Crippen LogP contribution in [-0.4, -0.2) is 61.6 Å². The molecule has 1 amide bonds. The van der Waals surface area contributed by atoms with Crippen molar-refractivity contribution in [2.24, 2.45) is 0 Å². The Hall–Kier alpha value is -2.38. The lowest BCUT2D eigenvalue weighted by molar-refractivity contribution is -0.384. The second-order valence-corrected chi connectivity index (χ2v) is 10.5. The molecule has 0 saturated carbocycles. The van der Waals surface area contributed by atoms with E-state index in [1.54, 1.807) is 0 Å². The van der Waals surface area contributed by atoms with Crippen LogP contribution in [0.5, 0.6) is 0 Å². The molecule has 0 radical (unpaired) electrons. The van der Waals surface area contributed by atoms with E-state index in [1.165, 1.54) is 13.8 Å². The molecule has 13 heteroatoms. The second kappa shape index (κ2) is 6.07. The topological polar surface area (TPSA) is 164 Å². The molecule has 2 fully saturated rings. The third-order valence-corrected chi connectivity index (χ3v) is 8.28. The molecule has 146 valence electrons. The molecule has 0 aromatic heterocycles. The van der Waals surface area contributed by atoms with Gasteiger partial charge in [0.15, 0.2) is 0 Å². The van der Waals surface area contributed by atoms with Gasteiger partial charge in [-0.15, -0.1) is 0 Å². The largest absolute Gasteiger partial charge is 0.480 e. The van der Waals surface area contributed by atoms with Gasteiger partial charge in [-0.2, -0.15) is 4.72 Å². The summed E-state index contributed by atoms with van der Waals surface area (Å²) in [5.74, 6) is -2.10. The van der Waals surface area contributed by atoms with E-state index in [0.717, 1.165) is 29.2 Å². The summed E-state index contributed by atoms with van der Waals surface area (Å²) in [5.41, 5.74) is -0.303. The Labute approximate surface area is 156 Å². The van der Waals surface area contributed by atoms with Crippen molar-refractivity contribution in [2.75, 3.05) is 0 Å². The van der Waals surface area contributed by atoms with Crippen molar-refractivity contribution in [3.05, 3.63) is 34.4 Å². The van der Waals surface area contributed by atoms with E-state index in [2.05, 4.69) is 4.72 Å². The lowest BCUT2D eigenvalue weighted by Gasteiger charge is -2.42. The van der Waals surface area contributed by atoms with Gasteiger partial charge in [-0.3, -0.25) is 19.1 Å². The zero-order valence-electron chi connectivity index (χ0n) is 14.1. The number of aliphatic carboxylic acids is 1. The zero-order valence-corrected chi connectivity index (χ0v) is 15.7. The number of fused-ring (bicyclic) bond motifs is 1. The number of rotatable bonds is 5. The number of carbonyl (C=O) groups excluding carboxylic acids is 1. The molecule has 11 nitrogen and oxygen atoms in total. The van der Waals surface area contributed by atoms with Crippen molar-refractivity contribution < 1.29 is 32.2 Å². The van der Waals surface area contributed by atoms with Crippen molar-refractivity contribution in [3.63, 3.8) is 0 Å². The molecule has 2 aliphatic heterocycles. The number of nitrogens with one attached hydrogen (secondary N) is 1. The minimum Gasteiger partial charge on any atom is -0.480 e. The van der Waals surface area contributed by atoms with Gasteiger partial charge in [-0.1, -0.05) is 0 Å². The number of carboxylic acids is 1. The molecule has 2 saturated heterocycles. The summed E-state index contributed by atoms with van der Waals surface area (Å²) in [6.45, 7) is 2.88. The molecule has 0 bridgehead atoms. The zero-order chi connectivity index (χ0) is 20.3. The van der Waals surface area contributed by atoms with Crippen LogP contribution < -0.4 is 4.72 Å². The van der Waals surface area contributed by atoms with Gasteiger partial charge in [-0.05, 0) is 26.0 Å². The van der Waals surface area contributed by atoms with Gasteiger partial charge in [0.05, 0.1) is 25.4 Å². The fourth-order valence-corrected chi connectivity index (χ4v) is 6.45. The van der Waals surface area contributed by atoms with Gasteiger partial charge in [0, 0.05) is 12.1 Å². The summed E-state index contributed by atoms with van der Waals surface area (Å²) >= 11 is 0. The maximum absolute atomic E-state index is 12.6. The molecule has 2 heterocycles. The summed E-state index contributed by atoms with van der Waals surface area (Å²) in [6, 6.07) is 1.33. The number of β-lactam (4-membered cyclic amide) rings is 1. The number of benzene rings is 1. The lowest BCUT2D eigenvalue weighted by Crippen LogP contribution is -2.71. The Bertz CT molecular complexity index is 973. The Kier molecular flexibility index (Phi) is 4.36. The van der Waals surface area contributed by atoms with E-state index in [1.807, 2.05) is 0 Å². The summed E-state index contributed by atoms with van der Waals surface area (Å²) in [6.07, 6.45) is 0. The van der Waals surface area contributed by atoms with Crippen LogP contribution in [-0.2, 0) is 30.4 Å². The van der Waals surface area contributed by atoms with Gasteiger partial charge in [0.25, 0.3) is 5.69 Å². The summed E-state index contributed by atoms with van der Waals surface area (Å²) in [5, 5.41) is 18.9. The number of hydrogen-bond acceptors (Lipinski definition) is 7. The van der Waals surface area contributed by atoms with Crippen LogP contribution in [0.3, 0.4) is 0 Å². The van der Waals surface area contributed by atoms with Crippen molar-refractivity contribution in [1.29, 1.82) is 0 Å². The summed E-state index contributed by atoms with van der Waals surface area (Å²) < 4.78 is 38.5. The first kappa shape index (κ1) is 19.4. The van der Waals surface area contributed by atoms with Crippen LogP contribution >= 0.6 is 0 Å². The van der Waals surface area contributed by atoms with Gasteiger partial charge >= 0.3 is 5.97 Å². The Morgan fingerprint density at radius 2 is 1.89 bits per heavy atom. The van der Waals surface area contributed by atoms with Crippen LogP contribution in [0.2, 0.25) is 0 Å². The second-order valence-electron chi connectivity index (χ2n) is 6.63. The monoisotopic (exact) mass is 417 g/mol. The average Bonchev–Trinajstić information content (AvgIpc) is 2.77. The first-order valence-corrected chi connectivity index (χ1v) is 10.3. The summed E-state index contributed by atoms with van der Waals surface area (Å²) in [7, 11) is -6.05. The summed E-state index contributed by atoms with van der Waals surface area (Å²) in [4.78, 5) is 34.4. The van der Waals surface area contributed by atoms with E-state index in [9.17, 15) is 37.4 Å². The molecular formula is C14H15N3O8S2. The van der Waals surface area contributed by atoms with Crippen molar-refractivity contribution in [2.45, 2.75) is 40.9 Å². The average molecular weight is 417 g/mol. The van der Waals surface area contributed by atoms with Crippen LogP contribution in [0.1, 0.15) is 13.8 Å². The minimum absolute atomic E-state index is 0.303. The molecule has 4 atom stereocenters. The third kappa shape index (κ3) is 2.82. The van der Waals surface area contributed by atoms with Crippen LogP contribution in [0.4, 0.5) is 5.69 Å².